The Bertz CT molecular complexity index is 422. The highest BCUT2D eigenvalue weighted by Gasteiger charge is 2.23. The van der Waals surface area contributed by atoms with E-state index in [1.165, 1.54) is 0 Å². The van der Waals surface area contributed by atoms with Crippen molar-refractivity contribution in [2.45, 2.75) is 79.4 Å². The molecule has 1 unspecified atom stereocenters. The standard InChI is InChI=1S/C8H17N3.C8H15N3/c2*1-6(2)8-5-11(7(3)4)10-9-8/h6-8H,5H2,1-4H3;5-7H,1-4H3. The molecule has 6 heteroatoms. The Morgan fingerprint density at radius 2 is 1.64 bits per heavy atom. The van der Waals surface area contributed by atoms with E-state index in [-0.39, 0.29) is 0 Å². The van der Waals surface area contributed by atoms with Gasteiger partial charge in [0.05, 0.1) is 18.3 Å². The summed E-state index contributed by atoms with van der Waals surface area (Å²) in [6.07, 6.45) is 2.01. The number of aromatic nitrogens is 3. The van der Waals surface area contributed by atoms with Crippen LogP contribution in [0.25, 0.3) is 0 Å². The summed E-state index contributed by atoms with van der Waals surface area (Å²) in [5.74, 6) is 1.09. The van der Waals surface area contributed by atoms with E-state index in [1.54, 1.807) is 0 Å². The lowest BCUT2D eigenvalue weighted by atomic mass is 10.1. The molecule has 0 saturated heterocycles. The molecular weight excluding hydrogens is 276 g/mol. The molecule has 0 radical (unpaired) electrons. The number of rotatable bonds is 4. The molecule has 1 aromatic rings. The van der Waals surface area contributed by atoms with Gasteiger partial charge >= 0.3 is 0 Å². The van der Waals surface area contributed by atoms with Crippen molar-refractivity contribution in [1.82, 2.24) is 20.0 Å². The van der Waals surface area contributed by atoms with Crippen molar-refractivity contribution in [1.29, 1.82) is 0 Å². The van der Waals surface area contributed by atoms with Crippen LogP contribution in [0.15, 0.2) is 16.5 Å². The Labute approximate surface area is 135 Å². The maximum atomic E-state index is 4.19. The first kappa shape index (κ1) is 18.6. The van der Waals surface area contributed by atoms with Gasteiger partial charge in [-0.05, 0) is 39.5 Å². The smallest absolute Gasteiger partial charge is 0.0944 e. The molecule has 1 aromatic heterocycles. The molecule has 0 saturated carbocycles. The zero-order chi connectivity index (χ0) is 16.9. The SMILES string of the molecule is CC(C)C1CN(C(C)C)N=N1.CC(C)c1cn(C(C)C)nn1. The third kappa shape index (κ3) is 5.39. The zero-order valence-electron chi connectivity index (χ0n) is 15.4. The fourth-order valence-corrected chi connectivity index (χ4v) is 1.86. The van der Waals surface area contributed by atoms with Crippen LogP contribution < -0.4 is 0 Å². The lowest BCUT2D eigenvalue weighted by Gasteiger charge is -2.18. The van der Waals surface area contributed by atoms with Crippen LogP contribution in [0.2, 0.25) is 0 Å². The van der Waals surface area contributed by atoms with Crippen LogP contribution >= 0.6 is 0 Å². The number of nitrogens with zero attached hydrogens (tertiary/aromatic N) is 6. The van der Waals surface area contributed by atoms with E-state index < -0.39 is 0 Å². The fourth-order valence-electron chi connectivity index (χ4n) is 1.86. The van der Waals surface area contributed by atoms with Gasteiger partial charge in [0.1, 0.15) is 0 Å². The normalized spacial score (nSPS) is 17.8. The third-order valence-corrected chi connectivity index (χ3v) is 3.70. The van der Waals surface area contributed by atoms with E-state index in [4.69, 9.17) is 0 Å². The van der Waals surface area contributed by atoms with Crippen molar-refractivity contribution in [3.05, 3.63) is 11.9 Å². The summed E-state index contributed by atoms with van der Waals surface area (Å²) in [7, 11) is 0. The number of hydrogen-bond acceptors (Lipinski definition) is 5. The molecule has 6 nitrogen and oxygen atoms in total. The van der Waals surface area contributed by atoms with E-state index in [0.29, 0.717) is 30.0 Å². The summed E-state index contributed by atoms with van der Waals surface area (Å²) >= 11 is 0. The van der Waals surface area contributed by atoms with Crippen molar-refractivity contribution >= 4 is 0 Å². The maximum Gasteiger partial charge on any atom is 0.0944 e. The molecule has 126 valence electrons. The monoisotopic (exact) mass is 308 g/mol. The maximum absolute atomic E-state index is 4.19. The van der Waals surface area contributed by atoms with Gasteiger partial charge in [0, 0.05) is 18.3 Å². The Hall–Kier alpha value is -1.46. The molecule has 22 heavy (non-hydrogen) atoms. The topological polar surface area (TPSA) is 58.7 Å². The minimum Gasteiger partial charge on any atom is -0.274 e. The van der Waals surface area contributed by atoms with Crippen LogP contribution in [0.4, 0.5) is 0 Å². The quantitative estimate of drug-likeness (QED) is 0.842. The van der Waals surface area contributed by atoms with Gasteiger partial charge in [0.2, 0.25) is 0 Å². The van der Waals surface area contributed by atoms with E-state index >= 15 is 0 Å². The summed E-state index contributed by atoms with van der Waals surface area (Å²) in [6.45, 7) is 18.1. The van der Waals surface area contributed by atoms with Crippen molar-refractivity contribution in [3.63, 3.8) is 0 Å². The average Bonchev–Trinajstić information content (AvgIpc) is 3.09. The molecule has 0 aliphatic carbocycles. The van der Waals surface area contributed by atoms with Crippen LogP contribution in [0.5, 0.6) is 0 Å². The minimum absolute atomic E-state index is 0.412. The molecular formula is C16H32N6. The highest BCUT2D eigenvalue weighted by molar-refractivity contribution is 4.98. The molecule has 0 fully saturated rings. The van der Waals surface area contributed by atoms with E-state index in [1.807, 2.05) is 15.9 Å². The van der Waals surface area contributed by atoms with Crippen LogP contribution in [0.1, 0.15) is 73.0 Å². The molecule has 2 heterocycles. The molecule has 2 rings (SSSR count). The molecule has 0 amide bonds. The summed E-state index contributed by atoms with van der Waals surface area (Å²) in [6, 6.07) is 1.31. The van der Waals surface area contributed by atoms with Gasteiger partial charge in [-0.15, -0.1) is 5.10 Å². The van der Waals surface area contributed by atoms with Gasteiger partial charge in [-0.25, -0.2) is 4.68 Å². The van der Waals surface area contributed by atoms with E-state index in [9.17, 15) is 0 Å². The summed E-state index contributed by atoms with van der Waals surface area (Å²) < 4.78 is 1.88. The molecule has 1 atom stereocenters. The predicted octanol–water partition coefficient (Wildman–Crippen LogP) is 4.08. The Kier molecular flexibility index (Phi) is 6.97. The van der Waals surface area contributed by atoms with Gasteiger partial charge in [-0.3, -0.25) is 5.01 Å². The van der Waals surface area contributed by atoms with E-state index in [0.717, 1.165) is 12.2 Å². The first-order valence-corrected chi connectivity index (χ1v) is 8.31. The fraction of sp³-hybridized carbons (Fsp3) is 0.875. The summed E-state index contributed by atoms with van der Waals surface area (Å²) in [4.78, 5) is 0. The average molecular weight is 308 g/mol. The Balaban J connectivity index is 0.000000220. The second kappa shape index (κ2) is 8.25. The lowest BCUT2D eigenvalue weighted by Crippen LogP contribution is -2.29. The van der Waals surface area contributed by atoms with Crippen molar-refractivity contribution in [2.24, 2.45) is 16.3 Å². The van der Waals surface area contributed by atoms with E-state index in [2.05, 4.69) is 76.0 Å². The van der Waals surface area contributed by atoms with Crippen LogP contribution in [-0.4, -0.2) is 38.6 Å². The Morgan fingerprint density at radius 1 is 1.00 bits per heavy atom. The van der Waals surface area contributed by atoms with Gasteiger partial charge in [-0.2, -0.15) is 5.11 Å². The second-order valence-corrected chi connectivity index (χ2v) is 7.10. The Morgan fingerprint density at radius 3 is 1.91 bits per heavy atom. The largest absolute Gasteiger partial charge is 0.274 e. The molecule has 0 bridgehead atoms. The van der Waals surface area contributed by atoms with Gasteiger partial charge in [-0.1, -0.05) is 38.1 Å². The van der Waals surface area contributed by atoms with Crippen LogP contribution in [0, 0.1) is 5.92 Å². The first-order chi connectivity index (χ1) is 10.2. The highest BCUT2D eigenvalue weighted by atomic mass is 15.6. The third-order valence-electron chi connectivity index (χ3n) is 3.70. The molecule has 1 aliphatic rings. The molecule has 0 spiro atoms. The van der Waals surface area contributed by atoms with Crippen LogP contribution in [-0.2, 0) is 0 Å². The molecule has 1 aliphatic heterocycles. The molecule has 0 aromatic carbocycles. The number of hydrogen-bond donors (Lipinski definition) is 0. The predicted molar refractivity (Wildman–Crippen MR) is 89.8 cm³/mol. The van der Waals surface area contributed by atoms with Crippen molar-refractivity contribution in [2.75, 3.05) is 6.54 Å². The minimum atomic E-state index is 0.412. The first-order valence-electron chi connectivity index (χ1n) is 8.31. The second-order valence-electron chi connectivity index (χ2n) is 7.10. The van der Waals surface area contributed by atoms with Gasteiger partial charge in [0.25, 0.3) is 0 Å². The summed E-state index contributed by atoms with van der Waals surface area (Å²) in [5, 5.41) is 18.4. The van der Waals surface area contributed by atoms with Crippen LogP contribution in [0.3, 0.4) is 0 Å². The van der Waals surface area contributed by atoms with Gasteiger partial charge in [0.15, 0.2) is 0 Å². The zero-order valence-corrected chi connectivity index (χ0v) is 15.4. The summed E-state index contributed by atoms with van der Waals surface area (Å²) in [5.41, 5.74) is 1.07. The van der Waals surface area contributed by atoms with Crippen molar-refractivity contribution < 1.29 is 0 Å². The van der Waals surface area contributed by atoms with Crippen molar-refractivity contribution in [3.8, 4) is 0 Å². The molecule has 0 N–H and O–H groups in total. The van der Waals surface area contributed by atoms with Gasteiger partial charge < -0.3 is 0 Å². The lowest BCUT2D eigenvalue weighted by molar-refractivity contribution is 0.242. The highest BCUT2D eigenvalue weighted by Crippen LogP contribution is 2.17.